The number of likely N-dealkylation sites (tertiary alicyclic amines) is 1. The van der Waals surface area contributed by atoms with Gasteiger partial charge in [0.25, 0.3) is 0 Å². The van der Waals surface area contributed by atoms with Gasteiger partial charge in [-0.3, -0.25) is 4.79 Å². The SMILES string of the molecule is C[C@H](C(=O)N1CCC[C@@H](n2cncn2)C1)c1ccsc1. The van der Waals surface area contributed by atoms with Gasteiger partial charge in [-0.1, -0.05) is 0 Å². The highest BCUT2D eigenvalue weighted by Gasteiger charge is 2.28. The molecule has 0 radical (unpaired) electrons. The number of thiophene rings is 1. The van der Waals surface area contributed by atoms with Crippen LogP contribution in [0, 0.1) is 0 Å². The highest BCUT2D eigenvalue weighted by Crippen LogP contribution is 2.25. The average molecular weight is 290 g/mol. The van der Waals surface area contributed by atoms with Gasteiger partial charge in [0, 0.05) is 13.1 Å². The Balaban J connectivity index is 1.69. The van der Waals surface area contributed by atoms with E-state index in [-0.39, 0.29) is 17.9 Å². The molecular formula is C14H18N4OS. The molecule has 0 unspecified atom stereocenters. The van der Waals surface area contributed by atoms with E-state index in [1.807, 2.05) is 28.0 Å². The lowest BCUT2D eigenvalue weighted by Crippen LogP contribution is -2.42. The number of carbonyl (C=O) groups excluding carboxylic acids is 1. The molecule has 5 nitrogen and oxygen atoms in total. The lowest BCUT2D eigenvalue weighted by Gasteiger charge is -2.34. The van der Waals surface area contributed by atoms with E-state index in [1.165, 1.54) is 0 Å². The van der Waals surface area contributed by atoms with E-state index in [4.69, 9.17) is 0 Å². The maximum Gasteiger partial charge on any atom is 0.229 e. The van der Waals surface area contributed by atoms with Crippen molar-refractivity contribution < 1.29 is 4.79 Å². The third-order valence-corrected chi connectivity index (χ3v) is 4.63. The van der Waals surface area contributed by atoms with E-state index in [1.54, 1.807) is 24.0 Å². The van der Waals surface area contributed by atoms with Crippen LogP contribution in [-0.4, -0.2) is 38.7 Å². The number of piperidine rings is 1. The summed E-state index contributed by atoms with van der Waals surface area (Å²) in [4.78, 5) is 18.6. The Morgan fingerprint density at radius 3 is 3.15 bits per heavy atom. The van der Waals surface area contributed by atoms with Crippen LogP contribution in [0.3, 0.4) is 0 Å². The van der Waals surface area contributed by atoms with Crippen molar-refractivity contribution in [3.63, 3.8) is 0 Å². The molecule has 0 bridgehead atoms. The molecule has 0 N–H and O–H groups in total. The number of hydrogen-bond donors (Lipinski definition) is 0. The van der Waals surface area contributed by atoms with E-state index in [2.05, 4.69) is 15.5 Å². The fourth-order valence-electron chi connectivity index (χ4n) is 2.71. The normalized spacial score (nSPS) is 20.9. The Bertz CT molecular complexity index is 552. The van der Waals surface area contributed by atoms with Crippen LogP contribution in [-0.2, 0) is 4.79 Å². The van der Waals surface area contributed by atoms with Gasteiger partial charge >= 0.3 is 0 Å². The average Bonchev–Trinajstić information content (AvgIpc) is 3.18. The van der Waals surface area contributed by atoms with Crippen molar-refractivity contribution in [3.8, 4) is 0 Å². The monoisotopic (exact) mass is 290 g/mol. The first-order chi connectivity index (χ1) is 9.75. The molecule has 20 heavy (non-hydrogen) atoms. The minimum absolute atomic E-state index is 0.0595. The molecule has 2 atom stereocenters. The predicted octanol–water partition coefficient (Wildman–Crippen LogP) is 2.31. The minimum Gasteiger partial charge on any atom is -0.340 e. The molecule has 0 saturated carbocycles. The molecule has 2 aromatic heterocycles. The van der Waals surface area contributed by atoms with Crippen LogP contribution in [0.5, 0.6) is 0 Å². The molecule has 0 aromatic carbocycles. The number of amides is 1. The van der Waals surface area contributed by atoms with Gasteiger partial charge in [-0.05, 0) is 42.2 Å². The second-order valence-electron chi connectivity index (χ2n) is 5.23. The Morgan fingerprint density at radius 1 is 1.55 bits per heavy atom. The highest BCUT2D eigenvalue weighted by molar-refractivity contribution is 7.08. The van der Waals surface area contributed by atoms with Crippen LogP contribution in [0.15, 0.2) is 29.5 Å². The largest absolute Gasteiger partial charge is 0.340 e. The fourth-order valence-corrected chi connectivity index (χ4v) is 3.47. The lowest BCUT2D eigenvalue weighted by molar-refractivity contribution is -0.134. The zero-order chi connectivity index (χ0) is 13.9. The number of carbonyl (C=O) groups is 1. The van der Waals surface area contributed by atoms with Gasteiger partial charge in [-0.15, -0.1) is 0 Å². The highest BCUT2D eigenvalue weighted by atomic mass is 32.1. The molecule has 1 aliphatic heterocycles. The topological polar surface area (TPSA) is 51.0 Å². The first-order valence-corrected chi connectivity index (χ1v) is 7.85. The quantitative estimate of drug-likeness (QED) is 0.871. The standard InChI is InChI=1S/C14H18N4OS/c1-11(12-4-6-20-8-12)14(19)17-5-2-3-13(7-17)18-10-15-9-16-18/h4,6,8-11,13H,2-3,5,7H2,1H3/t11-,13+/m0/s1. The molecule has 1 saturated heterocycles. The van der Waals surface area contributed by atoms with Crippen LogP contribution in [0.4, 0.5) is 0 Å². The van der Waals surface area contributed by atoms with E-state index >= 15 is 0 Å². The first-order valence-electron chi connectivity index (χ1n) is 6.90. The Hall–Kier alpha value is -1.69. The van der Waals surface area contributed by atoms with Gasteiger partial charge in [-0.25, -0.2) is 9.67 Å². The van der Waals surface area contributed by atoms with Gasteiger partial charge in [0.2, 0.25) is 5.91 Å². The molecule has 2 aromatic rings. The Morgan fingerprint density at radius 2 is 2.45 bits per heavy atom. The summed E-state index contributed by atoms with van der Waals surface area (Å²) in [6.45, 7) is 3.57. The summed E-state index contributed by atoms with van der Waals surface area (Å²) in [5.41, 5.74) is 1.11. The molecule has 1 aliphatic rings. The second kappa shape index (κ2) is 5.75. The van der Waals surface area contributed by atoms with Crippen LogP contribution in [0.2, 0.25) is 0 Å². The summed E-state index contributed by atoms with van der Waals surface area (Å²) in [6, 6.07) is 2.29. The van der Waals surface area contributed by atoms with Crippen molar-refractivity contribution in [1.29, 1.82) is 0 Å². The summed E-state index contributed by atoms with van der Waals surface area (Å²) in [5.74, 6) is 0.156. The van der Waals surface area contributed by atoms with Crippen molar-refractivity contribution in [2.75, 3.05) is 13.1 Å². The summed E-state index contributed by atoms with van der Waals surface area (Å²) in [7, 11) is 0. The van der Waals surface area contributed by atoms with Gasteiger partial charge in [-0.2, -0.15) is 16.4 Å². The number of hydrogen-bond acceptors (Lipinski definition) is 4. The van der Waals surface area contributed by atoms with Crippen molar-refractivity contribution >= 4 is 17.2 Å². The molecule has 3 rings (SSSR count). The van der Waals surface area contributed by atoms with Crippen LogP contribution in [0.25, 0.3) is 0 Å². The molecule has 3 heterocycles. The van der Waals surface area contributed by atoms with Gasteiger partial charge in [0.15, 0.2) is 0 Å². The van der Waals surface area contributed by atoms with E-state index in [0.717, 1.165) is 31.5 Å². The van der Waals surface area contributed by atoms with Crippen molar-refractivity contribution in [2.45, 2.75) is 31.7 Å². The third kappa shape index (κ3) is 2.60. The van der Waals surface area contributed by atoms with Crippen LogP contribution < -0.4 is 0 Å². The number of aromatic nitrogens is 3. The molecule has 1 amide bonds. The summed E-state index contributed by atoms with van der Waals surface area (Å²) in [6.07, 6.45) is 5.36. The summed E-state index contributed by atoms with van der Waals surface area (Å²) >= 11 is 1.64. The van der Waals surface area contributed by atoms with Gasteiger partial charge < -0.3 is 4.90 Å². The molecule has 6 heteroatoms. The molecule has 1 fully saturated rings. The second-order valence-corrected chi connectivity index (χ2v) is 6.01. The number of rotatable bonds is 3. The van der Waals surface area contributed by atoms with E-state index in [0.29, 0.717) is 0 Å². The van der Waals surface area contributed by atoms with Crippen LogP contribution in [0.1, 0.15) is 37.3 Å². The maximum absolute atomic E-state index is 12.6. The first kappa shape index (κ1) is 13.3. The van der Waals surface area contributed by atoms with Gasteiger partial charge in [0.05, 0.1) is 12.0 Å². The van der Waals surface area contributed by atoms with E-state index < -0.39 is 0 Å². The smallest absolute Gasteiger partial charge is 0.229 e. The van der Waals surface area contributed by atoms with Crippen molar-refractivity contribution in [3.05, 3.63) is 35.0 Å². The Labute approximate surface area is 122 Å². The minimum atomic E-state index is -0.0595. The molecule has 106 valence electrons. The Kier molecular flexibility index (Phi) is 3.82. The van der Waals surface area contributed by atoms with Crippen molar-refractivity contribution in [1.82, 2.24) is 19.7 Å². The fraction of sp³-hybridized carbons (Fsp3) is 0.500. The van der Waals surface area contributed by atoms with Crippen molar-refractivity contribution in [2.24, 2.45) is 0 Å². The summed E-state index contributed by atoms with van der Waals surface area (Å²) < 4.78 is 1.87. The lowest BCUT2D eigenvalue weighted by atomic mass is 10.00. The van der Waals surface area contributed by atoms with Gasteiger partial charge in [0.1, 0.15) is 12.7 Å². The van der Waals surface area contributed by atoms with Crippen LogP contribution >= 0.6 is 11.3 Å². The number of nitrogens with zero attached hydrogens (tertiary/aromatic N) is 4. The summed E-state index contributed by atoms with van der Waals surface area (Å²) in [5, 5.41) is 8.28. The maximum atomic E-state index is 12.6. The third-order valence-electron chi connectivity index (χ3n) is 3.93. The molecule has 0 spiro atoms. The molecule has 0 aliphatic carbocycles. The zero-order valence-electron chi connectivity index (χ0n) is 11.5. The zero-order valence-corrected chi connectivity index (χ0v) is 12.3. The molecular weight excluding hydrogens is 272 g/mol. The van der Waals surface area contributed by atoms with E-state index in [9.17, 15) is 4.79 Å². The predicted molar refractivity (Wildman–Crippen MR) is 77.6 cm³/mol.